The summed E-state index contributed by atoms with van der Waals surface area (Å²) in [5.74, 6) is 0.0979. The molecule has 0 N–H and O–H groups in total. The summed E-state index contributed by atoms with van der Waals surface area (Å²) >= 11 is 0. The molecule has 0 aliphatic carbocycles. The van der Waals surface area contributed by atoms with Gasteiger partial charge in [0.05, 0.1) is 0 Å². The van der Waals surface area contributed by atoms with E-state index in [2.05, 4.69) is 0 Å². The van der Waals surface area contributed by atoms with Gasteiger partial charge in [-0.3, -0.25) is 4.79 Å². The molecule has 0 saturated heterocycles. The number of hydrogen-bond acceptors (Lipinski definition) is 4. The van der Waals surface area contributed by atoms with Crippen LogP contribution in [0, 0.1) is 0 Å². The predicted octanol–water partition coefficient (Wildman–Crippen LogP) is 1.07. The van der Waals surface area contributed by atoms with E-state index >= 15 is 0 Å². The molecule has 0 atom stereocenters. The lowest BCUT2D eigenvalue weighted by atomic mass is 10.1. The van der Waals surface area contributed by atoms with Crippen molar-refractivity contribution in [1.29, 1.82) is 0 Å². The summed E-state index contributed by atoms with van der Waals surface area (Å²) in [6, 6.07) is 5.92. The topological polar surface area (TPSA) is 63.7 Å². The molecule has 0 unspecified atom stereocenters. The lowest BCUT2D eigenvalue weighted by Crippen LogP contribution is -2.27. The standard InChI is InChI=1S/C10H13NO4S/c1-8(12)9-4-6-10(7-5-9)15-16(13,14)11(2)3/h4-7H,1-3H3. The number of carbonyl (C=O) groups excluding carboxylic acids is 1. The van der Waals surface area contributed by atoms with E-state index in [-0.39, 0.29) is 11.5 Å². The fraction of sp³-hybridized carbons (Fsp3) is 0.300. The van der Waals surface area contributed by atoms with Crippen molar-refractivity contribution in [3.63, 3.8) is 0 Å². The zero-order valence-electron chi connectivity index (χ0n) is 9.30. The van der Waals surface area contributed by atoms with E-state index in [1.54, 1.807) is 0 Å². The van der Waals surface area contributed by atoms with E-state index in [0.29, 0.717) is 5.56 Å². The van der Waals surface area contributed by atoms with Crippen LogP contribution in [0.3, 0.4) is 0 Å². The molecule has 6 heteroatoms. The van der Waals surface area contributed by atoms with Crippen LogP contribution in [-0.4, -0.2) is 32.6 Å². The molecule has 88 valence electrons. The van der Waals surface area contributed by atoms with Crippen LogP contribution in [0.15, 0.2) is 24.3 Å². The molecule has 0 aliphatic rings. The van der Waals surface area contributed by atoms with Gasteiger partial charge in [0.1, 0.15) is 5.75 Å². The summed E-state index contributed by atoms with van der Waals surface area (Å²) < 4.78 is 28.5. The minimum absolute atomic E-state index is 0.0815. The molecular weight excluding hydrogens is 230 g/mol. The Balaban J connectivity index is 2.89. The van der Waals surface area contributed by atoms with Gasteiger partial charge in [0.15, 0.2) is 5.78 Å². The van der Waals surface area contributed by atoms with Crippen LogP contribution in [0.2, 0.25) is 0 Å². The first-order valence-corrected chi connectivity index (χ1v) is 5.92. The third kappa shape index (κ3) is 3.04. The SMILES string of the molecule is CC(=O)c1ccc(OS(=O)(=O)N(C)C)cc1. The summed E-state index contributed by atoms with van der Waals surface area (Å²) in [6.07, 6.45) is 0. The minimum Gasteiger partial charge on any atom is -0.371 e. The molecule has 0 fully saturated rings. The minimum atomic E-state index is -3.74. The molecule has 0 spiro atoms. The number of Topliss-reactive ketones (excluding diaryl/α,β-unsaturated/α-hetero) is 1. The van der Waals surface area contributed by atoms with E-state index in [9.17, 15) is 13.2 Å². The van der Waals surface area contributed by atoms with Gasteiger partial charge in [-0.15, -0.1) is 0 Å². The molecule has 1 aromatic carbocycles. The Labute approximate surface area is 94.9 Å². The number of hydrogen-bond donors (Lipinski definition) is 0. The Morgan fingerprint density at radius 1 is 1.19 bits per heavy atom. The quantitative estimate of drug-likeness (QED) is 0.742. The summed E-state index contributed by atoms with van der Waals surface area (Å²) in [5.41, 5.74) is 0.509. The number of nitrogens with zero attached hydrogens (tertiary/aromatic N) is 1. The largest absolute Gasteiger partial charge is 0.384 e. The van der Waals surface area contributed by atoms with E-state index in [4.69, 9.17) is 4.18 Å². The van der Waals surface area contributed by atoms with Crippen LogP contribution < -0.4 is 4.18 Å². The molecule has 0 amide bonds. The van der Waals surface area contributed by atoms with Crippen LogP contribution in [0.25, 0.3) is 0 Å². The Kier molecular flexibility index (Phi) is 3.66. The summed E-state index contributed by atoms with van der Waals surface area (Å²) in [5, 5.41) is 0. The van der Waals surface area contributed by atoms with E-state index in [1.807, 2.05) is 0 Å². The Hall–Kier alpha value is -1.40. The number of rotatable bonds is 4. The molecular formula is C10H13NO4S. The Morgan fingerprint density at radius 2 is 1.69 bits per heavy atom. The van der Waals surface area contributed by atoms with Gasteiger partial charge in [-0.05, 0) is 31.2 Å². The lowest BCUT2D eigenvalue weighted by molar-refractivity contribution is 0.101. The summed E-state index contributed by atoms with van der Waals surface area (Å²) in [6.45, 7) is 1.44. The van der Waals surface area contributed by atoms with Crippen LogP contribution in [0.4, 0.5) is 0 Å². The third-order valence-electron chi connectivity index (χ3n) is 1.91. The number of carbonyl (C=O) groups is 1. The predicted molar refractivity (Wildman–Crippen MR) is 59.7 cm³/mol. The molecule has 16 heavy (non-hydrogen) atoms. The monoisotopic (exact) mass is 243 g/mol. The maximum Gasteiger partial charge on any atom is 0.384 e. The molecule has 0 aliphatic heterocycles. The highest BCUT2D eigenvalue weighted by molar-refractivity contribution is 7.84. The van der Waals surface area contributed by atoms with E-state index in [1.165, 1.54) is 45.3 Å². The molecule has 5 nitrogen and oxygen atoms in total. The lowest BCUT2D eigenvalue weighted by Gasteiger charge is -2.11. The second kappa shape index (κ2) is 4.63. The van der Waals surface area contributed by atoms with Crippen molar-refractivity contribution < 1.29 is 17.4 Å². The van der Waals surface area contributed by atoms with Crippen molar-refractivity contribution in [1.82, 2.24) is 4.31 Å². The molecule has 0 saturated carbocycles. The van der Waals surface area contributed by atoms with Crippen molar-refractivity contribution in [2.75, 3.05) is 14.1 Å². The van der Waals surface area contributed by atoms with E-state index in [0.717, 1.165) is 4.31 Å². The Morgan fingerprint density at radius 3 is 2.06 bits per heavy atom. The van der Waals surface area contributed by atoms with Crippen molar-refractivity contribution in [2.45, 2.75) is 6.92 Å². The first-order valence-electron chi connectivity index (χ1n) is 4.56. The molecule has 0 aromatic heterocycles. The zero-order chi connectivity index (χ0) is 12.3. The highest BCUT2D eigenvalue weighted by Crippen LogP contribution is 2.15. The van der Waals surface area contributed by atoms with Gasteiger partial charge in [0.2, 0.25) is 0 Å². The molecule has 0 bridgehead atoms. The fourth-order valence-electron chi connectivity index (χ4n) is 0.941. The van der Waals surface area contributed by atoms with Gasteiger partial charge in [-0.1, -0.05) is 0 Å². The number of benzene rings is 1. The van der Waals surface area contributed by atoms with Gasteiger partial charge in [-0.25, -0.2) is 0 Å². The molecule has 1 aromatic rings. The number of ketones is 1. The highest BCUT2D eigenvalue weighted by Gasteiger charge is 2.15. The average Bonchev–Trinajstić information content (AvgIpc) is 2.17. The fourth-order valence-corrected chi connectivity index (χ4v) is 1.44. The van der Waals surface area contributed by atoms with Crippen LogP contribution in [-0.2, 0) is 10.3 Å². The van der Waals surface area contributed by atoms with Gasteiger partial charge >= 0.3 is 10.3 Å². The van der Waals surface area contributed by atoms with Gasteiger partial charge < -0.3 is 4.18 Å². The highest BCUT2D eigenvalue weighted by atomic mass is 32.2. The van der Waals surface area contributed by atoms with Crippen LogP contribution in [0.1, 0.15) is 17.3 Å². The normalized spacial score (nSPS) is 11.5. The summed E-state index contributed by atoms with van der Waals surface area (Å²) in [7, 11) is -0.987. The smallest absolute Gasteiger partial charge is 0.371 e. The first kappa shape index (κ1) is 12.7. The van der Waals surface area contributed by atoms with Gasteiger partial charge in [0, 0.05) is 19.7 Å². The van der Waals surface area contributed by atoms with Crippen LogP contribution >= 0.6 is 0 Å². The third-order valence-corrected chi connectivity index (χ3v) is 3.21. The second-order valence-electron chi connectivity index (χ2n) is 3.40. The molecule has 0 heterocycles. The molecule has 1 rings (SSSR count). The maximum atomic E-state index is 11.4. The van der Waals surface area contributed by atoms with E-state index < -0.39 is 10.3 Å². The van der Waals surface area contributed by atoms with Crippen molar-refractivity contribution in [3.8, 4) is 5.75 Å². The van der Waals surface area contributed by atoms with Crippen molar-refractivity contribution >= 4 is 16.1 Å². The van der Waals surface area contributed by atoms with Crippen LogP contribution in [0.5, 0.6) is 5.75 Å². The average molecular weight is 243 g/mol. The van der Waals surface area contributed by atoms with Crippen molar-refractivity contribution in [3.05, 3.63) is 29.8 Å². The second-order valence-corrected chi connectivity index (χ2v) is 5.16. The van der Waals surface area contributed by atoms with Gasteiger partial charge in [-0.2, -0.15) is 12.7 Å². The van der Waals surface area contributed by atoms with Crippen molar-refractivity contribution in [2.24, 2.45) is 0 Å². The first-order chi connectivity index (χ1) is 7.33. The maximum absolute atomic E-state index is 11.4. The van der Waals surface area contributed by atoms with Gasteiger partial charge in [0.25, 0.3) is 0 Å². The Bertz CT molecular complexity index is 476. The molecule has 0 radical (unpaired) electrons. The summed E-state index contributed by atoms with van der Waals surface area (Å²) in [4.78, 5) is 11.0. The zero-order valence-corrected chi connectivity index (χ0v) is 10.1.